The second kappa shape index (κ2) is 8.11. The summed E-state index contributed by atoms with van der Waals surface area (Å²) in [6, 6.07) is 8.13. The third-order valence-corrected chi connectivity index (χ3v) is 5.79. The van der Waals surface area contributed by atoms with Gasteiger partial charge in [-0.3, -0.25) is 4.79 Å². The second-order valence-electron chi connectivity index (χ2n) is 8.16. The number of nitrogens with zero attached hydrogens (tertiary/aromatic N) is 1. The minimum atomic E-state index is -0.502. The number of hydrogen-bond donors (Lipinski definition) is 1. The minimum Gasteiger partial charge on any atom is -0.492 e. The monoisotopic (exact) mass is 427 g/mol. The zero-order chi connectivity index (χ0) is 22.2. The van der Waals surface area contributed by atoms with E-state index in [0.29, 0.717) is 39.6 Å². The Balaban J connectivity index is 1.66. The fraction of sp³-hybridized carbons (Fsp3) is 0.391. The molecule has 2 aromatic rings. The van der Waals surface area contributed by atoms with Gasteiger partial charge in [-0.2, -0.15) is 0 Å². The lowest BCUT2D eigenvalue weighted by Crippen LogP contribution is -2.52. The third-order valence-electron chi connectivity index (χ3n) is 5.79. The van der Waals surface area contributed by atoms with Gasteiger partial charge in [0.25, 0.3) is 5.91 Å². The maximum atomic E-state index is 13.5. The molecule has 0 saturated carbocycles. The van der Waals surface area contributed by atoms with Crippen molar-refractivity contribution in [3.8, 4) is 17.2 Å². The maximum absolute atomic E-state index is 13.5. The van der Waals surface area contributed by atoms with Crippen molar-refractivity contribution in [2.24, 2.45) is 0 Å². The van der Waals surface area contributed by atoms with Gasteiger partial charge in [-0.05, 0) is 42.8 Å². The van der Waals surface area contributed by atoms with Gasteiger partial charge in [-0.15, -0.1) is 0 Å². The van der Waals surface area contributed by atoms with Crippen LogP contribution in [0.1, 0.15) is 34.5 Å². The Kier molecular flexibility index (Phi) is 5.49. The van der Waals surface area contributed by atoms with E-state index >= 15 is 0 Å². The van der Waals surface area contributed by atoms with Crippen molar-refractivity contribution >= 4 is 17.6 Å². The molecule has 2 aliphatic heterocycles. The summed E-state index contributed by atoms with van der Waals surface area (Å²) in [6.07, 6.45) is 0.799. The van der Waals surface area contributed by atoms with Crippen molar-refractivity contribution in [3.05, 3.63) is 47.0 Å². The average Bonchev–Trinajstić information content (AvgIpc) is 3.20. The minimum absolute atomic E-state index is 0.135. The number of benzene rings is 2. The molecule has 1 amide bonds. The van der Waals surface area contributed by atoms with E-state index in [1.54, 1.807) is 38.3 Å². The van der Waals surface area contributed by atoms with Crippen LogP contribution in [-0.2, 0) is 16.0 Å². The van der Waals surface area contributed by atoms with Crippen molar-refractivity contribution in [2.45, 2.75) is 19.4 Å². The molecule has 1 atom stereocenters. The summed E-state index contributed by atoms with van der Waals surface area (Å²) in [5.41, 5.74) is 2.89. The van der Waals surface area contributed by atoms with Crippen LogP contribution >= 0.6 is 0 Å². The molecule has 0 aliphatic carbocycles. The molecule has 164 valence electrons. The molecule has 1 unspecified atom stereocenters. The number of amides is 1. The first-order valence-electron chi connectivity index (χ1n) is 10.3. The van der Waals surface area contributed by atoms with Gasteiger partial charge >= 0.3 is 5.97 Å². The van der Waals surface area contributed by atoms with E-state index in [-0.39, 0.29) is 18.7 Å². The predicted octanol–water partition coefficient (Wildman–Crippen LogP) is 2.91. The fourth-order valence-electron chi connectivity index (χ4n) is 4.24. The van der Waals surface area contributed by atoms with Gasteiger partial charge in [-0.1, -0.05) is 0 Å². The Labute approximate surface area is 181 Å². The van der Waals surface area contributed by atoms with E-state index in [0.717, 1.165) is 24.1 Å². The second-order valence-corrected chi connectivity index (χ2v) is 8.16. The molecule has 31 heavy (non-hydrogen) atoms. The van der Waals surface area contributed by atoms with Crippen LogP contribution in [0.25, 0.3) is 0 Å². The van der Waals surface area contributed by atoms with Crippen molar-refractivity contribution in [3.63, 3.8) is 0 Å². The third kappa shape index (κ3) is 3.79. The van der Waals surface area contributed by atoms with Crippen LogP contribution in [0.3, 0.4) is 0 Å². The van der Waals surface area contributed by atoms with Crippen LogP contribution in [0.2, 0.25) is 0 Å². The van der Waals surface area contributed by atoms with Crippen LogP contribution in [0.5, 0.6) is 17.2 Å². The van der Waals surface area contributed by atoms with Gasteiger partial charge < -0.3 is 28.7 Å². The molecule has 0 spiro atoms. The number of carbonyl (C=O) groups excluding carboxylic acids is 2. The van der Waals surface area contributed by atoms with Gasteiger partial charge in [-0.25, -0.2) is 4.79 Å². The highest BCUT2D eigenvalue weighted by molar-refractivity contribution is 5.97. The van der Waals surface area contributed by atoms with Crippen LogP contribution in [0, 0.1) is 0 Å². The number of anilines is 1. The van der Waals surface area contributed by atoms with Gasteiger partial charge in [0.05, 0.1) is 45.5 Å². The molecule has 1 N–H and O–H groups in total. The van der Waals surface area contributed by atoms with Crippen LogP contribution in [0.15, 0.2) is 30.3 Å². The van der Waals surface area contributed by atoms with Gasteiger partial charge in [0.2, 0.25) is 12.5 Å². The molecule has 8 heteroatoms. The topological polar surface area (TPSA) is 83.1 Å². The summed E-state index contributed by atoms with van der Waals surface area (Å²) in [5.74, 6) is 1.19. The smallest absolute Gasteiger partial charge is 0.338 e. The van der Waals surface area contributed by atoms with Crippen molar-refractivity contribution < 1.29 is 33.0 Å². The molecular formula is C23H27N2O6+. The number of ether oxygens (including phenoxy) is 4. The number of esters is 1. The van der Waals surface area contributed by atoms with Crippen molar-refractivity contribution in [1.29, 1.82) is 0 Å². The lowest BCUT2D eigenvalue weighted by atomic mass is 9.88. The lowest BCUT2D eigenvalue weighted by Gasteiger charge is -2.42. The molecule has 0 aromatic heterocycles. The molecule has 8 nitrogen and oxygen atoms in total. The Bertz CT molecular complexity index is 1020. The molecule has 0 fully saturated rings. The quantitative estimate of drug-likeness (QED) is 0.584. The predicted molar refractivity (Wildman–Crippen MR) is 114 cm³/mol. The Morgan fingerprint density at radius 3 is 2.61 bits per heavy atom. The highest BCUT2D eigenvalue weighted by atomic mass is 16.7. The first-order valence-corrected chi connectivity index (χ1v) is 10.3. The summed E-state index contributed by atoms with van der Waals surface area (Å²) in [6.45, 7) is 2.99. The molecule has 2 heterocycles. The van der Waals surface area contributed by atoms with Gasteiger partial charge in [0.1, 0.15) is 0 Å². The Hall–Kier alpha value is -3.26. The summed E-state index contributed by atoms with van der Waals surface area (Å²) >= 11 is 0. The fourth-order valence-corrected chi connectivity index (χ4v) is 4.24. The number of likely N-dealkylation sites (N-methyl/N-ethyl adjacent to an activating group) is 1. The normalized spacial score (nSPS) is 18.1. The molecule has 4 rings (SSSR count). The standard InChI is InChI=1S/C23H26N2O6/c1-5-29-23(27)14-6-8-16(9-7-14)24-22(26)19-18-15(10-11-25(19,2)3)12-17-20(21(18)28-4)31-13-30-17/h6-9,12,19H,5,10-11,13H2,1-4H3/p+1. The first-order chi connectivity index (χ1) is 14.9. The van der Waals surface area contributed by atoms with Crippen molar-refractivity contribution in [1.82, 2.24) is 0 Å². The number of carbonyl (C=O) groups is 2. The van der Waals surface area contributed by atoms with E-state index in [9.17, 15) is 9.59 Å². The SMILES string of the molecule is CCOC(=O)c1ccc(NC(=O)C2c3c(cc4c(c3OC)OCO4)CC[N+]2(C)C)cc1. The number of fused-ring (bicyclic) bond motifs is 2. The summed E-state index contributed by atoms with van der Waals surface area (Å²) in [4.78, 5) is 25.4. The van der Waals surface area contributed by atoms with E-state index in [4.69, 9.17) is 18.9 Å². The number of nitrogens with one attached hydrogen (secondary N) is 1. The molecule has 2 aliphatic rings. The van der Waals surface area contributed by atoms with E-state index in [1.165, 1.54) is 0 Å². The lowest BCUT2D eigenvalue weighted by molar-refractivity contribution is -0.913. The summed E-state index contributed by atoms with van der Waals surface area (Å²) < 4.78 is 22.4. The largest absolute Gasteiger partial charge is 0.492 e. The van der Waals surface area contributed by atoms with Gasteiger partial charge in [0, 0.05) is 12.1 Å². The van der Waals surface area contributed by atoms with Crippen LogP contribution < -0.4 is 19.5 Å². The van der Waals surface area contributed by atoms with E-state index in [1.807, 2.05) is 20.2 Å². The Morgan fingerprint density at radius 1 is 1.19 bits per heavy atom. The van der Waals surface area contributed by atoms with Crippen LogP contribution in [0.4, 0.5) is 5.69 Å². The molecular weight excluding hydrogens is 400 g/mol. The van der Waals surface area contributed by atoms with Gasteiger partial charge in [0.15, 0.2) is 17.5 Å². The molecule has 0 radical (unpaired) electrons. The first kappa shape index (κ1) is 21.0. The number of hydrogen-bond acceptors (Lipinski definition) is 6. The van der Waals surface area contributed by atoms with E-state index in [2.05, 4.69) is 5.32 Å². The molecule has 0 saturated heterocycles. The summed E-state index contributed by atoms with van der Waals surface area (Å²) in [5, 5.41) is 2.99. The maximum Gasteiger partial charge on any atom is 0.338 e. The number of rotatable bonds is 5. The molecule has 0 bridgehead atoms. The van der Waals surface area contributed by atoms with Crippen molar-refractivity contribution in [2.75, 3.05) is 46.5 Å². The zero-order valence-corrected chi connectivity index (χ0v) is 18.2. The highest BCUT2D eigenvalue weighted by Gasteiger charge is 2.45. The number of methoxy groups -OCH3 is 1. The highest BCUT2D eigenvalue weighted by Crippen LogP contribution is 2.50. The number of quaternary nitrogens is 1. The molecule has 2 aromatic carbocycles. The zero-order valence-electron chi connectivity index (χ0n) is 18.2. The van der Waals surface area contributed by atoms with Crippen LogP contribution in [-0.4, -0.2) is 57.5 Å². The summed E-state index contributed by atoms with van der Waals surface area (Å²) in [7, 11) is 5.64. The van der Waals surface area contributed by atoms with E-state index < -0.39 is 6.04 Å². The average molecular weight is 427 g/mol. The Morgan fingerprint density at radius 2 is 1.94 bits per heavy atom.